The Morgan fingerprint density at radius 3 is 2.59 bits per heavy atom. The lowest BCUT2D eigenvalue weighted by atomic mass is 9.96. The van der Waals surface area contributed by atoms with Gasteiger partial charge in [0.1, 0.15) is 5.82 Å². The van der Waals surface area contributed by atoms with Crippen molar-refractivity contribution in [3.63, 3.8) is 0 Å². The monoisotopic (exact) mass is 277 g/mol. The number of nitrogens with zero attached hydrogens (tertiary/aromatic N) is 1. The van der Waals surface area contributed by atoms with E-state index in [9.17, 15) is 17.6 Å². The molecule has 2 rings (SSSR count). The fourth-order valence-corrected chi connectivity index (χ4v) is 3.14. The summed E-state index contributed by atoms with van der Waals surface area (Å²) in [6, 6.07) is 3.59. The van der Waals surface area contributed by atoms with E-state index in [4.69, 9.17) is 10.7 Å². The number of carbonyl (C=O) groups excluding carboxylic acids is 1. The second kappa shape index (κ2) is 3.96. The Bertz CT molecular complexity index is 587. The van der Waals surface area contributed by atoms with Crippen LogP contribution in [0, 0.1) is 12.7 Å². The van der Waals surface area contributed by atoms with Crippen molar-refractivity contribution < 1.29 is 17.6 Å². The second-order valence-electron chi connectivity index (χ2n) is 3.86. The normalized spacial score (nSPS) is 20.3. The minimum absolute atomic E-state index is 0.0665. The molecular weight excluding hydrogens is 269 g/mol. The minimum Gasteiger partial charge on any atom is -0.274 e. The summed E-state index contributed by atoms with van der Waals surface area (Å²) in [7, 11) is 1.08. The first-order valence-electron chi connectivity index (χ1n) is 4.83. The van der Waals surface area contributed by atoms with Crippen LogP contribution in [0.2, 0.25) is 0 Å². The van der Waals surface area contributed by atoms with Crippen LogP contribution in [0.3, 0.4) is 0 Å². The lowest BCUT2D eigenvalue weighted by molar-refractivity contribution is -0.137. The van der Waals surface area contributed by atoms with Crippen molar-refractivity contribution in [2.24, 2.45) is 0 Å². The molecule has 1 atom stereocenters. The number of hydrogen-bond donors (Lipinski definition) is 0. The molecule has 0 saturated carbocycles. The van der Waals surface area contributed by atoms with Gasteiger partial charge in [0.15, 0.2) is 0 Å². The summed E-state index contributed by atoms with van der Waals surface area (Å²) in [5.41, 5.74) is 0.960. The van der Waals surface area contributed by atoms with Gasteiger partial charge < -0.3 is 0 Å². The van der Waals surface area contributed by atoms with Crippen LogP contribution in [-0.4, -0.2) is 18.6 Å². The molecule has 1 aromatic carbocycles. The van der Waals surface area contributed by atoms with Crippen LogP contribution < -0.4 is 0 Å². The van der Waals surface area contributed by atoms with E-state index >= 15 is 0 Å². The standard InChI is InChI=1S/C10H9ClFNO3S/c1-6-4-7(2-3-8(6)12)9-5-10(14)13(9)17(11,15)16/h2-4,9H,5H2,1H3. The highest BCUT2D eigenvalue weighted by Gasteiger charge is 2.44. The molecule has 0 bridgehead atoms. The molecule has 0 radical (unpaired) electrons. The van der Waals surface area contributed by atoms with Crippen LogP contribution in [0.4, 0.5) is 4.39 Å². The number of aryl methyl sites for hydroxylation is 1. The van der Waals surface area contributed by atoms with Crippen LogP contribution >= 0.6 is 10.7 Å². The Kier molecular flexibility index (Phi) is 2.87. The fourth-order valence-electron chi connectivity index (χ4n) is 1.80. The van der Waals surface area contributed by atoms with Gasteiger partial charge in [0.05, 0.1) is 12.5 Å². The van der Waals surface area contributed by atoms with Gasteiger partial charge in [-0.25, -0.2) is 8.70 Å². The van der Waals surface area contributed by atoms with E-state index in [1.807, 2.05) is 0 Å². The van der Waals surface area contributed by atoms with E-state index in [0.29, 0.717) is 15.4 Å². The summed E-state index contributed by atoms with van der Waals surface area (Å²) in [4.78, 5) is 11.2. The second-order valence-corrected chi connectivity index (χ2v) is 6.25. The molecule has 1 aliphatic rings. The third kappa shape index (κ3) is 2.14. The summed E-state index contributed by atoms with van der Waals surface area (Å²) in [6.07, 6.45) is 0.0665. The molecule has 1 heterocycles. The van der Waals surface area contributed by atoms with Gasteiger partial charge in [0.25, 0.3) is 0 Å². The number of benzene rings is 1. The van der Waals surface area contributed by atoms with Crippen molar-refractivity contribution in [1.82, 2.24) is 4.31 Å². The van der Waals surface area contributed by atoms with Gasteiger partial charge >= 0.3 is 9.24 Å². The Morgan fingerprint density at radius 2 is 2.12 bits per heavy atom. The molecular formula is C10H9ClFNO3S. The van der Waals surface area contributed by atoms with E-state index in [2.05, 4.69) is 0 Å². The summed E-state index contributed by atoms with van der Waals surface area (Å²) in [6.45, 7) is 1.57. The predicted octanol–water partition coefficient (Wildman–Crippen LogP) is 1.89. The molecule has 1 unspecified atom stereocenters. The lowest BCUT2D eigenvalue weighted by Gasteiger charge is -2.37. The van der Waals surface area contributed by atoms with E-state index in [0.717, 1.165) is 0 Å². The summed E-state index contributed by atoms with van der Waals surface area (Å²) in [5, 5.41) is 0. The molecule has 17 heavy (non-hydrogen) atoms. The van der Waals surface area contributed by atoms with Crippen molar-refractivity contribution in [3.05, 3.63) is 35.1 Å². The minimum atomic E-state index is -4.07. The average molecular weight is 278 g/mol. The lowest BCUT2D eigenvalue weighted by Crippen LogP contribution is -2.47. The fraction of sp³-hybridized carbons (Fsp3) is 0.300. The number of β-lactam (4-membered cyclic amide) rings is 1. The molecule has 0 spiro atoms. The third-order valence-corrected chi connectivity index (χ3v) is 4.07. The van der Waals surface area contributed by atoms with Crippen LogP contribution in [0.1, 0.15) is 23.6 Å². The molecule has 7 heteroatoms. The summed E-state index contributed by atoms with van der Waals surface area (Å²) in [5.74, 6) is -0.924. The van der Waals surface area contributed by atoms with Crippen molar-refractivity contribution in [1.29, 1.82) is 0 Å². The highest BCUT2D eigenvalue weighted by Crippen LogP contribution is 2.38. The van der Waals surface area contributed by atoms with Gasteiger partial charge in [-0.3, -0.25) is 4.79 Å². The first kappa shape index (κ1) is 12.3. The smallest absolute Gasteiger partial charge is 0.274 e. The zero-order valence-electron chi connectivity index (χ0n) is 8.85. The maximum atomic E-state index is 13.1. The molecule has 0 N–H and O–H groups in total. The zero-order chi connectivity index (χ0) is 12.8. The molecule has 1 saturated heterocycles. The molecule has 1 aliphatic heterocycles. The van der Waals surface area contributed by atoms with Gasteiger partial charge in [-0.1, -0.05) is 12.1 Å². The van der Waals surface area contributed by atoms with Crippen molar-refractivity contribution in [3.8, 4) is 0 Å². The van der Waals surface area contributed by atoms with Crippen LogP contribution in [0.5, 0.6) is 0 Å². The molecule has 0 aromatic heterocycles. The van der Waals surface area contributed by atoms with Crippen molar-refractivity contribution in [2.75, 3.05) is 0 Å². The Labute approximate surface area is 103 Å². The Hall–Kier alpha value is -1.14. The van der Waals surface area contributed by atoms with Crippen LogP contribution in [-0.2, 0) is 14.0 Å². The molecule has 1 aromatic rings. The maximum Gasteiger partial charge on any atom is 0.324 e. The van der Waals surface area contributed by atoms with Crippen LogP contribution in [0.25, 0.3) is 0 Å². The Morgan fingerprint density at radius 1 is 1.47 bits per heavy atom. The summed E-state index contributed by atoms with van der Waals surface area (Å²) >= 11 is 0. The van der Waals surface area contributed by atoms with Crippen molar-refractivity contribution >= 4 is 25.8 Å². The highest BCUT2D eigenvalue weighted by molar-refractivity contribution is 8.12. The molecule has 4 nitrogen and oxygen atoms in total. The number of hydrogen-bond acceptors (Lipinski definition) is 3. The van der Waals surface area contributed by atoms with E-state index in [1.54, 1.807) is 6.92 Å². The van der Waals surface area contributed by atoms with Gasteiger partial charge in [0.2, 0.25) is 5.91 Å². The SMILES string of the molecule is Cc1cc(C2CC(=O)N2S(=O)(=O)Cl)ccc1F. The first-order chi connectivity index (χ1) is 7.80. The van der Waals surface area contributed by atoms with Gasteiger partial charge in [-0.15, -0.1) is 0 Å². The molecule has 0 aliphatic carbocycles. The quantitative estimate of drug-likeness (QED) is 0.613. The zero-order valence-corrected chi connectivity index (χ0v) is 10.4. The van der Waals surface area contributed by atoms with E-state index < -0.39 is 21.2 Å². The topological polar surface area (TPSA) is 54.5 Å². The number of carbonyl (C=O) groups is 1. The van der Waals surface area contributed by atoms with Crippen molar-refractivity contribution in [2.45, 2.75) is 19.4 Å². The van der Waals surface area contributed by atoms with Crippen LogP contribution in [0.15, 0.2) is 18.2 Å². The number of halogens is 2. The third-order valence-electron chi connectivity index (χ3n) is 2.70. The summed E-state index contributed by atoms with van der Waals surface area (Å²) < 4.78 is 36.0. The van der Waals surface area contributed by atoms with E-state index in [1.165, 1.54) is 18.2 Å². The number of rotatable bonds is 2. The van der Waals surface area contributed by atoms with E-state index in [-0.39, 0.29) is 12.2 Å². The highest BCUT2D eigenvalue weighted by atomic mass is 35.7. The van der Waals surface area contributed by atoms with Gasteiger partial charge in [0, 0.05) is 10.7 Å². The van der Waals surface area contributed by atoms with Gasteiger partial charge in [-0.2, -0.15) is 8.42 Å². The maximum absolute atomic E-state index is 13.1. The average Bonchev–Trinajstić information content (AvgIpc) is 2.16. The van der Waals surface area contributed by atoms with Gasteiger partial charge in [-0.05, 0) is 24.1 Å². The number of amides is 1. The molecule has 92 valence electrons. The molecule has 1 fully saturated rings. The predicted molar refractivity (Wildman–Crippen MR) is 60.1 cm³/mol. The first-order valence-corrected chi connectivity index (χ1v) is 7.10. The molecule has 1 amide bonds. The largest absolute Gasteiger partial charge is 0.324 e. The Balaban J connectivity index is 2.36.